The average Bonchev–Trinajstić information content (AvgIpc) is 2.62. The van der Waals surface area contributed by atoms with Gasteiger partial charge in [-0.15, -0.1) is 0 Å². The van der Waals surface area contributed by atoms with Crippen molar-refractivity contribution >= 4 is 34.9 Å². The minimum atomic E-state index is 0.469. The molecule has 132 valence electrons. The molecule has 0 saturated carbocycles. The SMILES string of the molecule is CCCN(CC)c1ccc(/C=N\NC(=S)Nc2ccc(C)cc2)cc1. The second kappa shape index (κ2) is 9.79. The van der Waals surface area contributed by atoms with Crippen LogP contribution in [0.15, 0.2) is 53.6 Å². The van der Waals surface area contributed by atoms with Crippen molar-refractivity contribution in [1.82, 2.24) is 5.43 Å². The fraction of sp³-hybridized carbons (Fsp3) is 0.300. The topological polar surface area (TPSA) is 39.7 Å². The van der Waals surface area contributed by atoms with E-state index < -0.39 is 0 Å². The van der Waals surface area contributed by atoms with E-state index in [1.807, 2.05) is 24.3 Å². The van der Waals surface area contributed by atoms with E-state index in [-0.39, 0.29) is 0 Å². The highest BCUT2D eigenvalue weighted by Crippen LogP contribution is 2.14. The summed E-state index contributed by atoms with van der Waals surface area (Å²) in [5, 5.41) is 7.76. The van der Waals surface area contributed by atoms with Crippen LogP contribution in [0, 0.1) is 6.92 Å². The molecular formula is C20H26N4S. The third-order valence-electron chi connectivity index (χ3n) is 3.82. The van der Waals surface area contributed by atoms with Gasteiger partial charge >= 0.3 is 0 Å². The molecule has 0 unspecified atom stereocenters. The summed E-state index contributed by atoms with van der Waals surface area (Å²) in [6, 6.07) is 16.4. The highest BCUT2D eigenvalue weighted by Gasteiger charge is 2.02. The van der Waals surface area contributed by atoms with Crippen molar-refractivity contribution < 1.29 is 0 Å². The lowest BCUT2D eigenvalue weighted by Gasteiger charge is -2.22. The van der Waals surface area contributed by atoms with Gasteiger partial charge < -0.3 is 10.2 Å². The smallest absolute Gasteiger partial charge is 0.191 e. The number of thiocarbonyl (C=S) groups is 1. The maximum atomic E-state index is 5.24. The van der Waals surface area contributed by atoms with Gasteiger partial charge in [0, 0.05) is 24.5 Å². The van der Waals surface area contributed by atoms with Crippen LogP contribution in [0.1, 0.15) is 31.4 Å². The number of anilines is 2. The fourth-order valence-electron chi connectivity index (χ4n) is 2.47. The predicted molar refractivity (Wildman–Crippen MR) is 113 cm³/mol. The average molecular weight is 355 g/mol. The fourth-order valence-corrected chi connectivity index (χ4v) is 2.64. The number of aryl methyl sites for hydroxylation is 1. The zero-order valence-corrected chi connectivity index (χ0v) is 15.9. The first-order chi connectivity index (χ1) is 12.1. The van der Waals surface area contributed by atoms with E-state index >= 15 is 0 Å². The molecule has 2 aromatic rings. The second-order valence-electron chi connectivity index (χ2n) is 5.86. The molecule has 5 heteroatoms. The molecule has 0 atom stereocenters. The van der Waals surface area contributed by atoms with E-state index in [1.54, 1.807) is 6.21 Å². The molecule has 0 heterocycles. The van der Waals surface area contributed by atoms with Crippen LogP contribution in [0.4, 0.5) is 11.4 Å². The van der Waals surface area contributed by atoms with E-state index in [9.17, 15) is 0 Å². The molecule has 0 spiro atoms. The van der Waals surface area contributed by atoms with Crippen LogP contribution in [0.25, 0.3) is 0 Å². The Morgan fingerprint density at radius 3 is 2.36 bits per heavy atom. The van der Waals surface area contributed by atoms with Crippen molar-refractivity contribution in [3.05, 3.63) is 59.7 Å². The van der Waals surface area contributed by atoms with Crippen LogP contribution < -0.4 is 15.6 Å². The molecule has 0 saturated heterocycles. The molecule has 2 aromatic carbocycles. The minimum Gasteiger partial charge on any atom is -0.372 e. The normalized spacial score (nSPS) is 10.7. The summed E-state index contributed by atoms with van der Waals surface area (Å²) in [5.41, 5.74) is 7.27. The summed E-state index contributed by atoms with van der Waals surface area (Å²) in [7, 11) is 0. The van der Waals surface area contributed by atoms with Gasteiger partial charge in [-0.3, -0.25) is 5.43 Å². The summed E-state index contributed by atoms with van der Waals surface area (Å²) in [5.74, 6) is 0. The quantitative estimate of drug-likeness (QED) is 0.435. The Bertz CT molecular complexity index is 693. The molecule has 4 nitrogen and oxygen atoms in total. The largest absolute Gasteiger partial charge is 0.372 e. The lowest BCUT2D eigenvalue weighted by atomic mass is 10.2. The molecule has 0 aliphatic rings. The van der Waals surface area contributed by atoms with Crippen molar-refractivity contribution in [3.8, 4) is 0 Å². The molecule has 0 radical (unpaired) electrons. The first-order valence-electron chi connectivity index (χ1n) is 8.64. The van der Waals surface area contributed by atoms with E-state index in [0.717, 1.165) is 30.8 Å². The van der Waals surface area contributed by atoms with Gasteiger partial charge in [0.25, 0.3) is 0 Å². The minimum absolute atomic E-state index is 0.469. The first kappa shape index (κ1) is 18.9. The lowest BCUT2D eigenvalue weighted by molar-refractivity contribution is 0.792. The van der Waals surface area contributed by atoms with Gasteiger partial charge in [-0.1, -0.05) is 36.8 Å². The van der Waals surface area contributed by atoms with Crippen molar-refractivity contribution in [2.75, 3.05) is 23.3 Å². The Balaban J connectivity index is 1.86. The summed E-state index contributed by atoms with van der Waals surface area (Å²) >= 11 is 5.24. The Morgan fingerprint density at radius 1 is 1.08 bits per heavy atom. The molecular weight excluding hydrogens is 328 g/mol. The molecule has 0 amide bonds. The summed E-state index contributed by atoms with van der Waals surface area (Å²) in [6.45, 7) is 8.52. The van der Waals surface area contributed by atoms with Crippen molar-refractivity contribution in [2.24, 2.45) is 5.10 Å². The molecule has 0 aliphatic heterocycles. The summed E-state index contributed by atoms with van der Waals surface area (Å²) in [6.07, 6.45) is 2.91. The maximum Gasteiger partial charge on any atom is 0.191 e. The van der Waals surface area contributed by atoms with Gasteiger partial charge in [0.1, 0.15) is 0 Å². The third-order valence-corrected chi connectivity index (χ3v) is 4.02. The number of hydrogen-bond acceptors (Lipinski definition) is 3. The molecule has 2 rings (SSSR count). The molecule has 0 bridgehead atoms. The van der Waals surface area contributed by atoms with E-state index in [1.165, 1.54) is 11.3 Å². The lowest BCUT2D eigenvalue weighted by Crippen LogP contribution is -2.24. The third kappa shape index (κ3) is 6.19. The van der Waals surface area contributed by atoms with Crippen LogP contribution in [-0.4, -0.2) is 24.4 Å². The van der Waals surface area contributed by atoms with Crippen molar-refractivity contribution in [3.63, 3.8) is 0 Å². The molecule has 0 aliphatic carbocycles. The van der Waals surface area contributed by atoms with Gasteiger partial charge in [0.15, 0.2) is 5.11 Å². The van der Waals surface area contributed by atoms with Gasteiger partial charge in [0.2, 0.25) is 0 Å². The Morgan fingerprint density at radius 2 is 1.76 bits per heavy atom. The second-order valence-corrected chi connectivity index (χ2v) is 6.27. The Hall–Kier alpha value is -2.40. The van der Waals surface area contributed by atoms with Crippen molar-refractivity contribution in [1.29, 1.82) is 0 Å². The van der Waals surface area contributed by atoms with E-state index in [2.05, 4.69) is 65.8 Å². The molecule has 2 N–H and O–H groups in total. The van der Waals surface area contributed by atoms with Crippen LogP contribution >= 0.6 is 12.2 Å². The Kier molecular flexibility index (Phi) is 7.41. The highest BCUT2D eigenvalue weighted by molar-refractivity contribution is 7.80. The first-order valence-corrected chi connectivity index (χ1v) is 9.05. The molecule has 0 aromatic heterocycles. The number of benzene rings is 2. The van der Waals surface area contributed by atoms with Crippen molar-refractivity contribution in [2.45, 2.75) is 27.2 Å². The van der Waals surface area contributed by atoms with Gasteiger partial charge in [-0.25, -0.2) is 0 Å². The van der Waals surface area contributed by atoms with Crippen LogP contribution in [0.5, 0.6) is 0 Å². The predicted octanol–water partition coefficient (Wildman–Crippen LogP) is 4.55. The van der Waals surface area contributed by atoms with Crippen LogP contribution in [0.2, 0.25) is 0 Å². The van der Waals surface area contributed by atoms with Crippen LogP contribution in [-0.2, 0) is 0 Å². The zero-order chi connectivity index (χ0) is 18.1. The van der Waals surface area contributed by atoms with Gasteiger partial charge in [-0.2, -0.15) is 5.10 Å². The van der Waals surface area contributed by atoms with Gasteiger partial charge in [0.05, 0.1) is 6.21 Å². The van der Waals surface area contributed by atoms with Gasteiger partial charge in [-0.05, 0) is 62.3 Å². The monoisotopic (exact) mass is 354 g/mol. The van der Waals surface area contributed by atoms with E-state index in [4.69, 9.17) is 12.2 Å². The maximum absolute atomic E-state index is 5.24. The molecule has 25 heavy (non-hydrogen) atoms. The Labute approximate surface area is 155 Å². The summed E-state index contributed by atoms with van der Waals surface area (Å²) in [4.78, 5) is 2.36. The number of hydrazone groups is 1. The standard InChI is InChI=1S/C20H26N4S/c1-4-14-24(5-2)19-12-8-17(9-13-19)15-21-23-20(25)22-18-10-6-16(3)7-11-18/h6-13,15H,4-5,14H2,1-3H3,(H2,22,23,25)/b21-15-. The zero-order valence-electron chi connectivity index (χ0n) is 15.1. The highest BCUT2D eigenvalue weighted by atomic mass is 32.1. The van der Waals surface area contributed by atoms with Crippen LogP contribution in [0.3, 0.4) is 0 Å². The molecule has 0 fully saturated rings. The summed E-state index contributed by atoms with van der Waals surface area (Å²) < 4.78 is 0. The number of nitrogens with zero attached hydrogens (tertiary/aromatic N) is 2. The van der Waals surface area contributed by atoms with E-state index in [0.29, 0.717) is 5.11 Å². The number of hydrogen-bond donors (Lipinski definition) is 2. The number of rotatable bonds is 7. The number of nitrogens with one attached hydrogen (secondary N) is 2.